The van der Waals surface area contributed by atoms with E-state index in [2.05, 4.69) is 52.7 Å². The second kappa shape index (κ2) is 4.65. The molecule has 1 aliphatic rings. The Bertz CT molecular complexity index is 408. The first-order chi connectivity index (χ1) is 7.86. The number of halogens is 2. The van der Waals surface area contributed by atoms with Crippen LogP contribution >= 0.6 is 15.9 Å². The van der Waals surface area contributed by atoms with Gasteiger partial charge >= 0.3 is 0 Å². The van der Waals surface area contributed by atoms with E-state index in [-0.39, 0.29) is 5.41 Å². The topological polar surface area (TPSA) is 16.1 Å². The van der Waals surface area contributed by atoms with Gasteiger partial charge in [0, 0.05) is 25.0 Å². The zero-order valence-electron chi connectivity index (χ0n) is 10.5. The molecule has 0 spiro atoms. The van der Waals surface area contributed by atoms with Gasteiger partial charge in [0.1, 0.15) is 10.8 Å². The summed E-state index contributed by atoms with van der Waals surface area (Å²) in [6.45, 7) is 8.37. The number of rotatable bonds is 2. The van der Waals surface area contributed by atoms with Crippen molar-refractivity contribution < 1.29 is 4.39 Å². The first-order valence-corrected chi connectivity index (χ1v) is 6.68. The van der Waals surface area contributed by atoms with E-state index in [1.807, 2.05) is 6.07 Å². The van der Waals surface area contributed by atoms with Gasteiger partial charge in [0.05, 0.1) is 5.69 Å². The highest BCUT2D eigenvalue weighted by Gasteiger charge is 2.28. The van der Waals surface area contributed by atoms with Gasteiger partial charge in [-0.15, -0.1) is 0 Å². The summed E-state index contributed by atoms with van der Waals surface area (Å²) in [4.78, 5) is 6.69. The summed E-state index contributed by atoms with van der Waals surface area (Å²) >= 11 is 3.41. The minimum absolute atomic E-state index is 0.0130. The first-order valence-electron chi connectivity index (χ1n) is 5.88. The van der Waals surface area contributed by atoms with Crippen molar-refractivity contribution >= 4 is 15.9 Å². The molecular weight excluding hydrogens is 283 g/mol. The third-order valence-electron chi connectivity index (χ3n) is 2.96. The van der Waals surface area contributed by atoms with Crippen molar-refractivity contribution in [1.29, 1.82) is 0 Å². The number of hydrogen-bond acceptors (Lipinski definition) is 2. The fourth-order valence-corrected chi connectivity index (χ4v) is 2.43. The highest BCUT2D eigenvalue weighted by atomic mass is 79.9. The van der Waals surface area contributed by atoms with E-state index < -0.39 is 6.17 Å². The van der Waals surface area contributed by atoms with E-state index in [0.29, 0.717) is 13.1 Å². The van der Waals surface area contributed by atoms with Crippen molar-refractivity contribution in [3.05, 3.63) is 28.0 Å². The summed E-state index contributed by atoms with van der Waals surface area (Å²) in [5.74, 6) is 0. The minimum atomic E-state index is -0.642. The molecule has 0 radical (unpaired) electrons. The molecule has 1 aliphatic heterocycles. The molecule has 1 saturated heterocycles. The third-order valence-corrected chi connectivity index (χ3v) is 3.40. The van der Waals surface area contributed by atoms with Gasteiger partial charge < -0.3 is 0 Å². The lowest BCUT2D eigenvalue weighted by Crippen LogP contribution is -2.47. The second-order valence-corrected chi connectivity index (χ2v) is 6.50. The lowest BCUT2D eigenvalue weighted by molar-refractivity contribution is 0.0585. The van der Waals surface area contributed by atoms with Gasteiger partial charge in [-0.2, -0.15) is 0 Å². The number of hydrogen-bond donors (Lipinski definition) is 0. The predicted molar refractivity (Wildman–Crippen MR) is 70.8 cm³/mol. The van der Waals surface area contributed by atoms with E-state index in [9.17, 15) is 4.39 Å². The summed E-state index contributed by atoms with van der Waals surface area (Å²) in [6.07, 6.45) is -0.642. The van der Waals surface area contributed by atoms with Crippen LogP contribution in [0.3, 0.4) is 0 Å². The fourth-order valence-electron chi connectivity index (χ4n) is 2.12. The molecule has 94 valence electrons. The molecule has 0 bridgehead atoms. The van der Waals surface area contributed by atoms with Crippen LogP contribution in [-0.2, 0) is 12.0 Å². The summed E-state index contributed by atoms with van der Waals surface area (Å²) in [5.41, 5.74) is 2.31. The number of aromatic nitrogens is 1. The highest BCUT2D eigenvalue weighted by molar-refractivity contribution is 9.10. The van der Waals surface area contributed by atoms with Gasteiger partial charge in [0.2, 0.25) is 0 Å². The fraction of sp³-hybridized carbons (Fsp3) is 0.615. The minimum Gasteiger partial charge on any atom is -0.293 e. The summed E-state index contributed by atoms with van der Waals surface area (Å²) in [7, 11) is 0. The molecule has 0 saturated carbocycles. The molecule has 0 N–H and O–H groups in total. The Kier molecular flexibility index (Phi) is 3.55. The van der Waals surface area contributed by atoms with Gasteiger partial charge in [-0.25, -0.2) is 9.37 Å². The number of pyridine rings is 1. The summed E-state index contributed by atoms with van der Waals surface area (Å²) in [5, 5.41) is 0. The van der Waals surface area contributed by atoms with Gasteiger partial charge in [-0.05, 0) is 27.6 Å². The molecule has 17 heavy (non-hydrogen) atoms. The van der Waals surface area contributed by atoms with E-state index in [1.165, 1.54) is 5.56 Å². The van der Waals surface area contributed by atoms with E-state index in [4.69, 9.17) is 0 Å². The maximum absolute atomic E-state index is 12.8. The van der Waals surface area contributed by atoms with Crippen molar-refractivity contribution in [2.24, 2.45) is 0 Å². The lowest BCUT2D eigenvalue weighted by atomic mass is 9.88. The Morgan fingerprint density at radius 3 is 2.59 bits per heavy atom. The maximum atomic E-state index is 12.8. The molecule has 1 aromatic rings. The van der Waals surface area contributed by atoms with Crippen LogP contribution in [0.4, 0.5) is 4.39 Å². The number of likely N-dealkylation sites (tertiary alicyclic amines) is 1. The highest BCUT2D eigenvalue weighted by Crippen LogP contribution is 2.27. The normalized spacial score (nSPS) is 18.2. The largest absolute Gasteiger partial charge is 0.293 e. The molecule has 0 aromatic carbocycles. The Hall–Kier alpha value is -0.480. The van der Waals surface area contributed by atoms with E-state index >= 15 is 0 Å². The van der Waals surface area contributed by atoms with Crippen LogP contribution in [-0.4, -0.2) is 29.1 Å². The number of nitrogens with zero attached hydrogens (tertiary/aromatic N) is 2. The lowest BCUT2D eigenvalue weighted by Gasteiger charge is -2.35. The molecule has 1 fully saturated rings. The summed E-state index contributed by atoms with van der Waals surface area (Å²) < 4.78 is 13.7. The predicted octanol–water partition coefficient (Wildman–Crippen LogP) is 3.30. The zero-order valence-corrected chi connectivity index (χ0v) is 12.1. The number of alkyl halides is 1. The van der Waals surface area contributed by atoms with Crippen LogP contribution in [0.5, 0.6) is 0 Å². The van der Waals surface area contributed by atoms with Crippen molar-refractivity contribution in [3.8, 4) is 0 Å². The van der Waals surface area contributed by atoms with Crippen molar-refractivity contribution in [2.75, 3.05) is 13.1 Å². The van der Waals surface area contributed by atoms with Crippen LogP contribution in [0, 0.1) is 0 Å². The monoisotopic (exact) mass is 300 g/mol. The Morgan fingerprint density at radius 2 is 2.06 bits per heavy atom. The Labute approximate surface area is 110 Å². The summed E-state index contributed by atoms with van der Waals surface area (Å²) in [6, 6.07) is 4.04. The second-order valence-electron chi connectivity index (χ2n) is 5.68. The van der Waals surface area contributed by atoms with Crippen LogP contribution in [0.25, 0.3) is 0 Å². The van der Waals surface area contributed by atoms with Crippen molar-refractivity contribution in [3.63, 3.8) is 0 Å². The molecular formula is C13H18BrFN2. The van der Waals surface area contributed by atoms with Gasteiger partial charge in [0.15, 0.2) is 0 Å². The van der Waals surface area contributed by atoms with Gasteiger partial charge in [-0.1, -0.05) is 26.8 Å². The molecule has 2 nitrogen and oxygen atoms in total. The quantitative estimate of drug-likeness (QED) is 0.779. The molecule has 0 aliphatic carbocycles. The van der Waals surface area contributed by atoms with Crippen LogP contribution in [0.15, 0.2) is 16.7 Å². The van der Waals surface area contributed by atoms with E-state index in [1.54, 1.807) is 0 Å². The zero-order chi connectivity index (χ0) is 12.6. The van der Waals surface area contributed by atoms with Gasteiger partial charge in [0.25, 0.3) is 0 Å². The van der Waals surface area contributed by atoms with Crippen LogP contribution in [0.1, 0.15) is 32.0 Å². The Morgan fingerprint density at radius 1 is 1.41 bits per heavy atom. The van der Waals surface area contributed by atoms with Crippen LogP contribution < -0.4 is 0 Å². The van der Waals surface area contributed by atoms with Crippen molar-refractivity contribution in [1.82, 2.24) is 9.88 Å². The van der Waals surface area contributed by atoms with Crippen molar-refractivity contribution in [2.45, 2.75) is 38.9 Å². The molecule has 0 atom stereocenters. The van der Waals surface area contributed by atoms with Crippen LogP contribution in [0.2, 0.25) is 0 Å². The average molecular weight is 301 g/mol. The maximum Gasteiger partial charge on any atom is 0.125 e. The molecule has 4 heteroatoms. The first kappa shape index (κ1) is 13.0. The molecule has 1 aromatic heterocycles. The molecule has 2 heterocycles. The Balaban J connectivity index is 2.21. The SMILES string of the molecule is CC(C)(C)c1nc(Br)ccc1CN1CC(F)C1. The molecule has 0 unspecified atom stereocenters. The van der Waals surface area contributed by atoms with Gasteiger partial charge in [-0.3, -0.25) is 4.90 Å². The molecule has 0 amide bonds. The van der Waals surface area contributed by atoms with E-state index in [0.717, 1.165) is 16.8 Å². The average Bonchev–Trinajstić information content (AvgIpc) is 2.16. The smallest absolute Gasteiger partial charge is 0.125 e. The standard InChI is InChI=1S/C13H18BrFN2/c1-13(2,3)12-9(4-5-11(14)16-12)6-17-7-10(15)8-17/h4-5,10H,6-8H2,1-3H3. The molecule has 2 rings (SSSR count). The third kappa shape index (κ3) is 3.05.